The minimum absolute atomic E-state index is 0.0800. The smallest absolute Gasteiger partial charge is 0.258 e. The summed E-state index contributed by atoms with van der Waals surface area (Å²) in [5.74, 6) is 1.80. The van der Waals surface area contributed by atoms with Crippen LogP contribution < -0.4 is 5.56 Å². The molecule has 0 fully saturated rings. The van der Waals surface area contributed by atoms with E-state index in [1.165, 1.54) is 0 Å². The second-order valence-corrected chi connectivity index (χ2v) is 6.44. The first-order valence-corrected chi connectivity index (χ1v) is 8.99. The monoisotopic (exact) mass is 377 g/mol. The Kier molecular flexibility index (Phi) is 5.05. The SMILES string of the molecule is O=C(CCc1nc2ccccc2c(=O)[nH]1)N(Cc1ccco1)Cc1ccco1. The van der Waals surface area contributed by atoms with Gasteiger partial charge in [-0.05, 0) is 36.4 Å². The Hall–Kier alpha value is -3.61. The molecule has 4 rings (SSSR count). The van der Waals surface area contributed by atoms with Gasteiger partial charge in [-0.15, -0.1) is 0 Å². The van der Waals surface area contributed by atoms with Gasteiger partial charge in [0.25, 0.3) is 5.56 Å². The van der Waals surface area contributed by atoms with Gasteiger partial charge in [-0.2, -0.15) is 0 Å². The summed E-state index contributed by atoms with van der Waals surface area (Å²) in [5.41, 5.74) is 0.424. The molecule has 0 aliphatic heterocycles. The zero-order valence-corrected chi connectivity index (χ0v) is 15.1. The lowest BCUT2D eigenvalue weighted by Crippen LogP contribution is -2.30. The maximum Gasteiger partial charge on any atom is 0.258 e. The van der Waals surface area contributed by atoms with Crippen LogP contribution in [-0.2, 0) is 24.3 Å². The molecule has 28 heavy (non-hydrogen) atoms. The van der Waals surface area contributed by atoms with Crippen molar-refractivity contribution in [2.45, 2.75) is 25.9 Å². The molecule has 0 atom stereocenters. The van der Waals surface area contributed by atoms with Crippen LogP contribution in [0.1, 0.15) is 23.8 Å². The average molecular weight is 377 g/mol. The second kappa shape index (κ2) is 7.96. The summed E-state index contributed by atoms with van der Waals surface area (Å²) in [4.78, 5) is 33.9. The number of aromatic amines is 1. The number of carbonyl (C=O) groups is 1. The van der Waals surface area contributed by atoms with Crippen molar-refractivity contribution < 1.29 is 13.6 Å². The maximum atomic E-state index is 12.8. The van der Waals surface area contributed by atoms with Gasteiger partial charge in [0.15, 0.2) is 0 Å². The number of benzene rings is 1. The predicted molar refractivity (Wildman–Crippen MR) is 102 cm³/mol. The van der Waals surface area contributed by atoms with Gasteiger partial charge in [0.1, 0.15) is 17.3 Å². The van der Waals surface area contributed by atoms with E-state index in [-0.39, 0.29) is 17.9 Å². The topological polar surface area (TPSA) is 92.3 Å². The Bertz CT molecular complexity index is 1080. The number of nitrogens with zero attached hydrogens (tertiary/aromatic N) is 2. The Balaban J connectivity index is 1.48. The van der Waals surface area contributed by atoms with E-state index in [4.69, 9.17) is 8.83 Å². The molecule has 0 unspecified atom stereocenters. The number of furan rings is 2. The molecule has 1 aromatic carbocycles. The molecular weight excluding hydrogens is 358 g/mol. The van der Waals surface area contributed by atoms with Crippen LogP contribution >= 0.6 is 0 Å². The number of amides is 1. The van der Waals surface area contributed by atoms with Gasteiger partial charge in [0, 0.05) is 12.8 Å². The number of H-pyrrole nitrogens is 1. The van der Waals surface area contributed by atoms with Crippen molar-refractivity contribution >= 4 is 16.8 Å². The third-order valence-electron chi connectivity index (χ3n) is 4.44. The fourth-order valence-corrected chi connectivity index (χ4v) is 3.05. The van der Waals surface area contributed by atoms with Crippen molar-refractivity contribution in [3.8, 4) is 0 Å². The molecule has 0 bridgehead atoms. The Labute approximate surface area is 160 Å². The Morgan fingerprint density at radius 3 is 2.29 bits per heavy atom. The standard InChI is InChI=1S/C21H19N3O4/c25-20(10-9-19-22-18-8-2-1-7-17(18)21(26)23-19)24(13-15-5-3-11-27-15)14-16-6-4-12-28-16/h1-8,11-12H,9-10,13-14H2,(H,22,23,26). The highest BCUT2D eigenvalue weighted by molar-refractivity contribution is 5.78. The molecule has 3 heterocycles. The van der Waals surface area contributed by atoms with Gasteiger partial charge in [0.2, 0.25) is 5.91 Å². The van der Waals surface area contributed by atoms with Crippen LogP contribution in [0.15, 0.2) is 74.7 Å². The molecule has 0 radical (unpaired) electrons. The molecule has 3 aromatic heterocycles. The summed E-state index contributed by atoms with van der Waals surface area (Å²) < 4.78 is 10.8. The van der Waals surface area contributed by atoms with Crippen LogP contribution in [0.2, 0.25) is 0 Å². The van der Waals surface area contributed by atoms with Crippen molar-refractivity contribution in [2.75, 3.05) is 0 Å². The highest BCUT2D eigenvalue weighted by Gasteiger charge is 2.18. The van der Waals surface area contributed by atoms with Gasteiger partial charge in [0.05, 0.1) is 36.5 Å². The first kappa shape index (κ1) is 17.8. The number of aromatic nitrogens is 2. The highest BCUT2D eigenvalue weighted by Crippen LogP contribution is 2.14. The van der Waals surface area contributed by atoms with Crippen molar-refractivity contribution in [1.82, 2.24) is 14.9 Å². The molecule has 1 amide bonds. The second-order valence-electron chi connectivity index (χ2n) is 6.44. The van der Waals surface area contributed by atoms with E-state index in [1.54, 1.807) is 47.8 Å². The third kappa shape index (κ3) is 4.03. The fraction of sp³-hybridized carbons (Fsp3) is 0.190. The molecule has 4 aromatic rings. The van der Waals surface area contributed by atoms with Crippen LogP contribution in [0.5, 0.6) is 0 Å². The number of hydrogen-bond acceptors (Lipinski definition) is 5. The van der Waals surface area contributed by atoms with Crippen LogP contribution in [-0.4, -0.2) is 20.8 Å². The maximum absolute atomic E-state index is 12.8. The number of fused-ring (bicyclic) bond motifs is 1. The fourth-order valence-electron chi connectivity index (χ4n) is 3.05. The van der Waals surface area contributed by atoms with Gasteiger partial charge in [-0.1, -0.05) is 12.1 Å². The van der Waals surface area contributed by atoms with Crippen molar-refractivity contribution in [3.63, 3.8) is 0 Å². The van der Waals surface area contributed by atoms with E-state index in [2.05, 4.69) is 9.97 Å². The van der Waals surface area contributed by atoms with Crippen LogP contribution in [0.4, 0.5) is 0 Å². The number of aryl methyl sites for hydroxylation is 1. The van der Waals surface area contributed by atoms with E-state index in [1.807, 2.05) is 18.2 Å². The largest absolute Gasteiger partial charge is 0.467 e. The van der Waals surface area contributed by atoms with Gasteiger partial charge >= 0.3 is 0 Å². The molecule has 0 aliphatic rings. The summed E-state index contributed by atoms with van der Waals surface area (Å²) >= 11 is 0. The molecule has 0 spiro atoms. The summed E-state index contributed by atoms with van der Waals surface area (Å²) in [7, 11) is 0. The molecule has 142 valence electrons. The number of nitrogens with one attached hydrogen (secondary N) is 1. The third-order valence-corrected chi connectivity index (χ3v) is 4.44. The molecule has 7 heteroatoms. The molecule has 1 N–H and O–H groups in total. The van der Waals surface area contributed by atoms with E-state index < -0.39 is 0 Å². The summed E-state index contributed by atoms with van der Waals surface area (Å²) in [6, 6.07) is 14.4. The predicted octanol–water partition coefficient (Wildman–Crippen LogP) is 3.27. The average Bonchev–Trinajstić information content (AvgIpc) is 3.40. The minimum atomic E-state index is -0.198. The first-order chi connectivity index (χ1) is 13.7. The number of carbonyl (C=O) groups excluding carboxylic acids is 1. The van der Waals surface area contributed by atoms with Crippen molar-refractivity contribution in [1.29, 1.82) is 0 Å². The lowest BCUT2D eigenvalue weighted by atomic mass is 10.2. The van der Waals surface area contributed by atoms with Gasteiger partial charge in [-0.25, -0.2) is 4.98 Å². The summed E-state index contributed by atoms with van der Waals surface area (Å²) in [6.07, 6.45) is 3.71. The first-order valence-electron chi connectivity index (χ1n) is 8.99. The van der Waals surface area contributed by atoms with Gasteiger partial charge < -0.3 is 18.7 Å². The zero-order chi connectivity index (χ0) is 19.3. The van der Waals surface area contributed by atoms with Crippen molar-refractivity contribution in [2.24, 2.45) is 0 Å². The van der Waals surface area contributed by atoms with Crippen LogP contribution in [0.3, 0.4) is 0 Å². The zero-order valence-electron chi connectivity index (χ0n) is 15.1. The lowest BCUT2D eigenvalue weighted by Gasteiger charge is -2.20. The number of para-hydroxylation sites is 1. The lowest BCUT2D eigenvalue weighted by molar-refractivity contribution is -0.133. The molecule has 0 saturated carbocycles. The summed E-state index contributed by atoms with van der Waals surface area (Å²) in [6.45, 7) is 0.683. The van der Waals surface area contributed by atoms with E-state index in [0.29, 0.717) is 47.8 Å². The van der Waals surface area contributed by atoms with Crippen LogP contribution in [0.25, 0.3) is 10.9 Å². The molecule has 7 nitrogen and oxygen atoms in total. The quantitative estimate of drug-likeness (QED) is 0.534. The Morgan fingerprint density at radius 1 is 0.964 bits per heavy atom. The number of rotatable bonds is 7. The van der Waals surface area contributed by atoms with Crippen LogP contribution in [0, 0.1) is 0 Å². The highest BCUT2D eigenvalue weighted by atomic mass is 16.3. The van der Waals surface area contributed by atoms with E-state index in [0.717, 1.165) is 0 Å². The Morgan fingerprint density at radius 2 is 1.64 bits per heavy atom. The molecule has 0 saturated heterocycles. The molecular formula is C21H19N3O4. The molecule has 0 aliphatic carbocycles. The normalized spacial score (nSPS) is 11.0. The van der Waals surface area contributed by atoms with Gasteiger partial charge in [-0.3, -0.25) is 9.59 Å². The van der Waals surface area contributed by atoms with Crippen molar-refractivity contribution in [3.05, 3.63) is 88.8 Å². The number of hydrogen-bond donors (Lipinski definition) is 1. The summed E-state index contributed by atoms with van der Waals surface area (Å²) in [5, 5.41) is 0.537. The minimum Gasteiger partial charge on any atom is -0.467 e. The van der Waals surface area contributed by atoms with E-state index in [9.17, 15) is 9.59 Å². The van der Waals surface area contributed by atoms with E-state index >= 15 is 0 Å².